The highest BCUT2D eigenvalue weighted by molar-refractivity contribution is 7.91. The average Bonchev–Trinajstić information content (AvgIpc) is 3.49. The van der Waals surface area contributed by atoms with Gasteiger partial charge in [-0.2, -0.15) is 0 Å². The number of halogens is 1. The molecule has 0 fully saturated rings. The molecule has 9 heteroatoms. The number of carbonyl (C=O) groups is 1. The van der Waals surface area contributed by atoms with Gasteiger partial charge in [-0.05, 0) is 85.2 Å². The summed E-state index contributed by atoms with van der Waals surface area (Å²) < 4.78 is 58.0. The third kappa shape index (κ3) is 5.45. The van der Waals surface area contributed by atoms with Crippen molar-refractivity contribution in [2.75, 3.05) is 26.1 Å². The minimum atomic E-state index is -3.45. The van der Waals surface area contributed by atoms with Crippen LogP contribution in [0.5, 0.6) is 11.5 Å². The van der Waals surface area contributed by atoms with Crippen molar-refractivity contribution in [3.8, 4) is 22.6 Å². The van der Waals surface area contributed by atoms with Crippen LogP contribution in [0.3, 0.4) is 0 Å². The van der Waals surface area contributed by atoms with Gasteiger partial charge in [-0.15, -0.1) is 0 Å². The van der Waals surface area contributed by atoms with Crippen molar-refractivity contribution in [1.29, 1.82) is 0 Å². The van der Waals surface area contributed by atoms with Gasteiger partial charge < -0.3 is 19.3 Å². The average molecular weight is 569 g/mol. The Balaban J connectivity index is 1.43. The fraction of sp³-hybridized carbons (Fsp3) is 0.387. The van der Waals surface area contributed by atoms with Crippen molar-refractivity contribution in [2.45, 2.75) is 56.4 Å². The fourth-order valence-corrected chi connectivity index (χ4v) is 7.39. The first-order valence-electron chi connectivity index (χ1n) is 13.4. The number of aryl methyl sites for hydroxylation is 2. The molecule has 0 saturated heterocycles. The third-order valence-electron chi connectivity index (χ3n) is 7.74. The Labute approximate surface area is 233 Å². The van der Waals surface area contributed by atoms with E-state index in [9.17, 15) is 13.2 Å². The summed E-state index contributed by atoms with van der Waals surface area (Å²) in [6.07, 6.45) is 1.13. The number of ether oxygens (including phenoxy) is 3. The topological polar surface area (TPSA) is 99.1 Å². The van der Waals surface area contributed by atoms with Crippen LogP contribution < -0.4 is 9.47 Å². The molecule has 0 radical (unpaired) electrons. The molecular formula is C31H33FO7S. The molecule has 5 rings (SSSR count). The molecule has 3 aromatic rings. The molecule has 0 saturated carbocycles. The zero-order chi connectivity index (χ0) is 28.6. The smallest absolute Gasteiger partial charge is 0.304 e. The Morgan fingerprint density at radius 2 is 1.88 bits per heavy atom. The fourth-order valence-electron chi connectivity index (χ4n) is 5.94. The molecule has 0 aromatic heterocycles. The summed E-state index contributed by atoms with van der Waals surface area (Å²) in [5, 5.41) is 9.14. The van der Waals surface area contributed by atoms with E-state index < -0.39 is 21.9 Å². The van der Waals surface area contributed by atoms with Gasteiger partial charge in [0.1, 0.15) is 23.4 Å². The maximum Gasteiger partial charge on any atom is 0.304 e. The van der Waals surface area contributed by atoms with Gasteiger partial charge in [0.2, 0.25) is 0 Å². The molecule has 3 aromatic carbocycles. The molecule has 2 aliphatic rings. The van der Waals surface area contributed by atoms with Crippen LogP contribution in [0.15, 0.2) is 47.4 Å². The highest BCUT2D eigenvalue weighted by Gasteiger charge is 2.32. The van der Waals surface area contributed by atoms with E-state index >= 15 is 4.39 Å². The number of aliphatic carboxylic acids is 1. The first-order chi connectivity index (χ1) is 19.1. The lowest BCUT2D eigenvalue weighted by Gasteiger charge is -2.19. The number of sulfone groups is 1. The first-order valence-corrected chi connectivity index (χ1v) is 15.0. The quantitative estimate of drug-likeness (QED) is 0.302. The maximum atomic E-state index is 15.3. The van der Waals surface area contributed by atoms with Gasteiger partial charge in [0.25, 0.3) is 0 Å². The Kier molecular flexibility index (Phi) is 7.88. The van der Waals surface area contributed by atoms with Crippen LogP contribution in [-0.2, 0) is 25.8 Å². The Hall–Kier alpha value is -3.43. The van der Waals surface area contributed by atoms with Crippen LogP contribution in [0.1, 0.15) is 59.1 Å². The summed E-state index contributed by atoms with van der Waals surface area (Å²) in [6, 6.07) is 12.0. The zero-order valence-electron chi connectivity index (χ0n) is 22.8. The normalized spacial score (nSPS) is 17.8. The van der Waals surface area contributed by atoms with E-state index in [0.29, 0.717) is 49.5 Å². The monoisotopic (exact) mass is 568 g/mol. The van der Waals surface area contributed by atoms with E-state index in [4.69, 9.17) is 19.3 Å². The van der Waals surface area contributed by atoms with Crippen molar-refractivity contribution in [3.63, 3.8) is 0 Å². The van der Waals surface area contributed by atoms with Crippen molar-refractivity contribution >= 4 is 15.8 Å². The largest absolute Gasteiger partial charge is 0.492 e. The minimum Gasteiger partial charge on any atom is -0.492 e. The summed E-state index contributed by atoms with van der Waals surface area (Å²) in [5.41, 5.74) is 5.64. The van der Waals surface area contributed by atoms with Crippen LogP contribution >= 0.6 is 0 Å². The number of rotatable bonds is 10. The third-order valence-corrected chi connectivity index (χ3v) is 9.52. The first kappa shape index (κ1) is 28.1. The van der Waals surface area contributed by atoms with E-state index in [0.717, 1.165) is 33.4 Å². The molecule has 1 N–H and O–H groups in total. The van der Waals surface area contributed by atoms with Gasteiger partial charge >= 0.3 is 5.97 Å². The lowest BCUT2D eigenvalue weighted by Crippen LogP contribution is -2.10. The van der Waals surface area contributed by atoms with Gasteiger partial charge in [-0.1, -0.05) is 12.1 Å². The number of carboxylic acid groups (broad SMARTS) is 1. The Morgan fingerprint density at radius 3 is 2.58 bits per heavy atom. The van der Waals surface area contributed by atoms with Crippen LogP contribution in [0.2, 0.25) is 0 Å². The zero-order valence-corrected chi connectivity index (χ0v) is 23.6. The molecule has 0 spiro atoms. The summed E-state index contributed by atoms with van der Waals surface area (Å²) in [7, 11) is -1.90. The van der Waals surface area contributed by atoms with Gasteiger partial charge in [0.15, 0.2) is 9.84 Å². The molecule has 0 amide bonds. The van der Waals surface area contributed by atoms with E-state index in [1.165, 1.54) is 6.07 Å². The lowest BCUT2D eigenvalue weighted by molar-refractivity contribution is -0.137. The molecule has 212 valence electrons. The predicted octanol–water partition coefficient (Wildman–Crippen LogP) is 5.94. The Morgan fingerprint density at radius 1 is 1.12 bits per heavy atom. The summed E-state index contributed by atoms with van der Waals surface area (Å²) in [5.74, 6) is -0.274. The summed E-state index contributed by atoms with van der Waals surface area (Å²) in [4.78, 5) is 11.4. The van der Waals surface area contributed by atoms with E-state index in [1.807, 2.05) is 19.9 Å². The van der Waals surface area contributed by atoms with Crippen LogP contribution in [0.25, 0.3) is 11.1 Å². The van der Waals surface area contributed by atoms with Crippen molar-refractivity contribution in [3.05, 3.63) is 76.1 Å². The van der Waals surface area contributed by atoms with E-state index in [1.54, 1.807) is 37.4 Å². The molecule has 1 aliphatic heterocycles. The van der Waals surface area contributed by atoms with Crippen LogP contribution in [-0.4, -0.2) is 45.6 Å². The molecule has 1 aliphatic carbocycles. The lowest BCUT2D eigenvalue weighted by atomic mass is 9.90. The highest BCUT2D eigenvalue weighted by Crippen LogP contribution is 2.45. The van der Waals surface area contributed by atoms with E-state index in [2.05, 4.69) is 0 Å². The number of fused-ring (bicyclic) bond motifs is 2. The molecule has 0 bridgehead atoms. The second-order valence-electron chi connectivity index (χ2n) is 10.5. The number of benzene rings is 3. The molecule has 1 heterocycles. The van der Waals surface area contributed by atoms with Crippen molar-refractivity contribution < 1.29 is 36.9 Å². The maximum absolute atomic E-state index is 15.3. The number of hydrogen-bond donors (Lipinski definition) is 1. The minimum absolute atomic E-state index is 0.00322. The van der Waals surface area contributed by atoms with E-state index in [-0.39, 0.29) is 28.8 Å². The number of hydrogen-bond acceptors (Lipinski definition) is 6. The van der Waals surface area contributed by atoms with Gasteiger partial charge in [0, 0.05) is 36.8 Å². The van der Waals surface area contributed by atoms with Gasteiger partial charge in [-0.25, -0.2) is 12.8 Å². The highest BCUT2D eigenvalue weighted by atomic mass is 32.2. The standard InChI is InChI=1S/C31H33FO7S/c1-18-13-22(40(35,36)12-4-11-37-3)14-19(2)30(18)24-7-9-26(32)31-25(24)8-10-27(31)39-21-5-6-23-20(15-29(33)34)17-38-28(23)16-21/h5-7,9,13-14,16,20,27H,4,8,10-12,15,17H2,1-3H3,(H,33,34)/t20?,27-/m1/s1. The Bertz CT molecular complexity index is 1540. The molecule has 1 unspecified atom stereocenters. The second-order valence-corrected chi connectivity index (χ2v) is 12.6. The van der Waals surface area contributed by atoms with Crippen molar-refractivity contribution in [2.24, 2.45) is 0 Å². The summed E-state index contributed by atoms with van der Waals surface area (Å²) in [6.45, 7) is 4.46. The van der Waals surface area contributed by atoms with Crippen molar-refractivity contribution in [1.82, 2.24) is 0 Å². The predicted molar refractivity (Wildman–Crippen MR) is 148 cm³/mol. The molecule has 2 atom stereocenters. The van der Waals surface area contributed by atoms with Gasteiger partial charge in [-0.3, -0.25) is 4.79 Å². The molecule has 7 nitrogen and oxygen atoms in total. The number of methoxy groups -OCH3 is 1. The van der Waals surface area contributed by atoms with Crippen LogP contribution in [0, 0.1) is 19.7 Å². The molecule has 40 heavy (non-hydrogen) atoms. The SMILES string of the molecule is COCCCS(=O)(=O)c1cc(C)c(-c2ccc(F)c3c2CC[C@H]3Oc2ccc3c(c2)OCC3CC(=O)O)c(C)c1. The number of carboxylic acids is 1. The van der Waals surface area contributed by atoms with Gasteiger partial charge in [0.05, 0.1) is 23.7 Å². The summed E-state index contributed by atoms with van der Waals surface area (Å²) >= 11 is 0. The van der Waals surface area contributed by atoms with Crippen LogP contribution in [0.4, 0.5) is 4.39 Å². The molecular weight excluding hydrogens is 535 g/mol. The second kappa shape index (κ2) is 11.2.